The molecule has 0 aliphatic heterocycles. The van der Waals surface area contributed by atoms with Gasteiger partial charge in [0.15, 0.2) is 11.2 Å². The fraction of sp³-hybridized carbons (Fsp3) is 0.421. The Kier molecular flexibility index (Phi) is 4.97. The molecule has 1 aliphatic rings. The van der Waals surface area contributed by atoms with Crippen molar-refractivity contribution < 1.29 is 0 Å². The molecule has 0 spiro atoms. The van der Waals surface area contributed by atoms with Gasteiger partial charge in [0.05, 0.1) is 6.54 Å². The van der Waals surface area contributed by atoms with Crippen LogP contribution in [0.5, 0.6) is 0 Å². The van der Waals surface area contributed by atoms with E-state index in [0.717, 1.165) is 12.8 Å². The minimum Gasteiger partial charge on any atom is -0.353 e. The summed E-state index contributed by atoms with van der Waals surface area (Å²) in [5, 5.41) is 4.32. The van der Waals surface area contributed by atoms with E-state index in [1.807, 2.05) is 0 Å². The molecule has 0 bridgehead atoms. The first-order chi connectivity index (χ1) is 13.4. The molecule has 9 heteroatoms. The number of aromatic nitrogens is 4. The smallest absolute Gasteiger partial charge is 0.332 e. The van der Waals surface area contributed by atoms with Crippen molar-refractivity contribution in [1.29, 1.82) is 0 Å². The Balaban J connectivity index is 1.82. The van der Waals surface area contributed by atoms with Gasteiger partial charge in [0, 0.05) is 30.2 Å². The molecule has 28 heavy (non-hydrogen) atoms. The average molecular weight is 422 g/mol. The molecule has 4 rings (SSSR count). The summed E-state index contributed by atoms with van der Waals surface area (Å²) in [6, 6.07) is 5.35. The summed E-state index contributed by atoms with van der Waals surface area (Å²) in [7, 11) is 3.41. The van der Waals surface area contributed by atoms with Gasteiger partial charge in [0.25, 0.3) is 5.56 Å². The summed E-state index contributed by atoms with van der Waals surface area (Å²) in [5.41, 5.74) is 0.577. The number of hydrogen-bond acceptors (Lipinski definition) is 4. The highest BCUT2D eigenvalue weighted by molar-refractivity contribution is 6.35. The van der Waals surface area contributed by atoms with E-state index in [1.54, 1.807) is 36.9 Å². The summed E-state index contributed by atoms with van der Waals surface area (Å²) in [6.45, 7) is 0.0635. The Labute approximate surface area is 171 Å². The number of imidazole rings is 1. The van der Waals surface area contributed by atoms with Gasteiger partial charge in [0.2, 0.25) is 5.95 Å². The lowest BCUT2D eigenvalue weighted by molar-refractivity contribution is 0.655. The Morgan fingerprint density at radius 1 is 1.14 bits per heavy atom. The molecule has 0 unspecified atom stereocenters. The molecule has 2 heterocycles. The van der Waals surface area contributed by atoms with Crippen LogP contribution in [0.1, 0.15) is 31.2 Å². The normalized spacial score (nSPS) is 14.9. The van der Waals surface area contributed by atoms with Gasteiger partial charge in [-0.3, -0.25) is 13.9 Å². The van der Waals surface area contributed by atoms with Gasteiger partial charge in [-0.15, -0.1) is 0 Å². The SMILES string of the molecule is Cn1c(NC2CCCC2)nc2c1c(=O)n(Cc1ccc(Cl)cc1Cl)c(=O)n2C. The van der Waals surface area contributed by atoms with E-state index in [2.05, 4.69) is 10.3 Å². The first-order valence-corrected chi connectivity index (χ1v) is 9.99. The number of fused-ring (bicyclic) bond motifs is 1. The van der Waals surface area contributed by atoms with E-state index in [9.17, 15) is 9.59 Å². The Morgan fingerprint density at radius 2 is 1.86 bits per heavy atom. The highest BCUT2D eigenvalue weighted by atomic mass is 35.5. The molecular weight excluding hydrogens is 401 g/mol. The quantitative estimate of drug-likeness (QED) is 0.701. The first kappa shape index (κ1) is 19.1. The van der Waals surface area contributed by atoms with Gasteiger partial charge in [-0.1, -0.05) is 42.1 Å². The lowest BCUT2D eigenvalue weighted by Crippen LogP contribution is -2.39. The van der Waals surface area contributed by atoms with Crippen LogP contribution >= 0.6 is 23.2 Å². The molecule has 1 N–H and O–H groups in total. The van der Waals surface area contributed by atoms with Crippen molar-refractivity contribution in [3.63, 3.8) is 0 Å². The molecule has 1 aliphatic carbocycles. The first-order valence-electron chi connectivity index (χ1n) is 9.23. The minimum atomic E-state index is -0.436. The predicted molar refractivity (Wildman–Crippen MR) is 112 cm³/mol. The highest BCUT2D eigenvalue weighted by Gasteiger charge is 2.22. The van der Waals surface area contributed by atoms with Crippen LogP contribution < -0.4 is 16.6 Å². The zero-order chi connectivity index (χ0) is 20.0. The zero-order valence-electron chi connectivity index (χ0n) is 15.7. The summed E-state index contributed by atoms with van der Waals surface area (Å²) in [4.78, 5) is 30.5. The van der Waals surface area contributed by atoms with Gasteiger partial charge in [-0.25, -0.2) is 4.79 Å². The molecule has 1 aromatic carbocycles. The Hall–Kier alpha value is -2.25. The van der Waals surface area contributed by atoms with Crippen molar-refractivity contribution in [3.8, 4) is 0 Å². The van der Waals surface area contributed by atoms with Crippen molar-refractivity contribution in [1.82, 2.24) is 18.7 Å². The van der Waals surface area contributed by atoms with Crippen molar-refractivity contribution in [2.75, 3.05) is 5.32 Å². The van der Waals surface area contributed by atoms with Crippen molar-refractivity contribution in [2.45, 2.75) is 38.3 Å². The molecule has 148 valence electrons. The highest BCUT2D eigenvalue weighted by Crippen LogP contribution is 2.24. The van der Waals surface area contributed by atoms with Crippen LogP contribution in [0.2, 0.25) is 10.0 Å². The summed E-state index contributed by atoms with van der Waals surface area (Å²) >= 11 is 12.2. The van der Waals surface area contributed by atoms with Crippen LogP contribution in [-0.2, 0) is 20.6 Å². The summed E-state index contributed by atoms with van der Waals surface area (Å²) < 4.78 is 4.31. The molecule has 1 fully saturated rings. The van der Waals surface area contributed by atoms with Gasteiger partial charge in [0.1, 0.15) is 0 Å². The van der Waals surface area contributed by atoms with Crippen LogP contribution in [0.15, 0.2) is 27.8 Å². The molecule has 3 aromatic rings. The summed E-state index contributed by atoms with van der Waals surface area (Å²) in [6.07, 6.45) is 4.55. The standard InChI is InChI=1S/C19H21Cl2N5O2/c1-24-15-16(23-18(24)22-13-5-3-4-6-13)25(2)19(28)26(17(15)27)10-11-7-8-12(20)9-14(11)21/h7-9,13H,3-6,10H2,1-2H3,(H,22,23). The van der Waals surface area contributed by atoms with E-state index >= 15 is 0 Å². The second-order valence-corrected chi connectivity index (χ2v) is 8.10. The van der Waals surface area contributed by atoms with Gasteiger partial charge < -0.3 is 9.88 Å². The molecule has 0 amide bonds. The molecule has 0 radical (unpaired) electrons. The predicted octanol–water partition coefficient (Wildman–Crippen LogP) is 3.14. The van der Waals surface area contributed by atoms with Crippen molar-refractivity contribution in [2.24, 2.45) is 14.1 Å². The van der Waals surface area contributed by atoms with Crippen LogP contribution in [0.4, 0.5) is 5.95 Å². The average Bonchev–Trinajstić information content (AvgIpc) is 3.27. The third-order valence-corrected chi connectivity index (χ3v) is 5.98. The minimum absolute atomic E-state index is 0.0635. The van der Waals surface area contributed by atoms with Gasteiger partial charge >= 0.3 is 5.69 Å². The van der Waals surface area contributed by atoms with Gasteiger partial charge in [-0.05, 0) is 30.5 Å². The Bertz CT molecular complexity index is 1170. The summed E-state index contributed by atoms with van der Waals surface area (Å²) in [5.74, 6) is 0.608. The lowest BCUT2D eigenvalue weighted by atomic mass is 10.2. The lowest BCUT2D eigenvalue weighted by Gasteiger charge is -2.12. The molecule has 7 nitrogen and oxygen atoms in total. The van der Waals surface area contributed by atoms with E-state index in [-0.39, 0.29) is 6.54 Å². The monoisotopic (exact) mass is 421 g/mol. The van der Waals surface area contributed by atoms with E-state index in [4.69, 9.17) is 23.2 Å². The number of hydrogen-bond donors (Lipinski definition) is 1. The number of rotatable bonds is 4. The van der Waals surface area contributed by atoms with Crippen LogP contribution in [0.25, 0.3) is 11.2 Å². The number of anilines is 1. The van der Waals surface area contributed by atoms with Crippen LogP contribution in [0, 0.1) is 0 Å². The third-order valence-electron chi connectivity index (χ3n) is 5.39. The van der Waals surface area contributed by atoms with Crippen LogP contribution in [-0.4, -0.2) is 24.7 Å². The molecule has 0 saturated heterocycles. The van der Waals surface area contributed by atoms with E-state index < -0.39 is 11.2 Å². The number of aryl methyl sites for hydroxylation is 2. The zero-order valence-corrected chi connectivity index (χ0v) is 17.2. The number of nitrogens with zero attached hydrogens (tertiary/aromatic N) is 4. The van der Waals surface area contributed by atoms with E-state index in [0.29, 0.717) is 38.8 Å². The van der Waals surface area contributed by atoms with Crippen molar-refractivity contribution in [3.05, 3.63) is 54.6 Å². The maximum Gasteiger partial charge on any atom is 0.332 e. The number of nitrogens with one attached hydrogen (secondary N) is 1. The molecule has 1 saturated carbocycles. The van der Waals surface area contributed by atoms with Crippen molar-refractivity contribution >= 4 is 40.3 Å². The van der Waals surface area contributed by atoms with Crippen LogP contribution in [0.3, 0.4) is 0 Å². The fourth-order valence-corrected chi connectivity index (χ4v) is 4.25. The second-order valence-electron chi connectivity index (χ2n) is 7.26. The largest absolute Gasteiger partial charge is 0.353 e. The molecular formula is C19H21Cl2N5O2. The topological polar surface area (TPSA) is 73.8 Å². The molecule has 2 aromatic heterocycles. The maximum absolute atomic E-state index is 13.1. The van der Waals surface area contributed by atoms with E-state index in [1.165, 1.54) is 22.0 Å². The number of halogens is 2. The fourth-order valence-electron chi connectivity index (χ4n) is 3.79. The Morgan fingerprint density at radius 3 is 2.54 bits per heavy atom. The molecule has 0 atom stereocenters. The third kappa shape index (κ3) is 3.22. The second kappa shape index (κ2) is 7.29. The number of benzene rings is 1. The maximum atomic E-state index is 13.1. The van der Waals surface area contributed by atoms with Gasteiger partial charge in [-0.2, -0.15) is 4.98 Å².